The minimum Gasteiger partial charge on any atom is -0.481 e. The Balaban J connectivity index is 1.85. The van der Waals surface area contributed by atoms with Gasteiger partial charge < -0.3 is 5.11 Å². The van der Waals surface area contributed by atoms with Crippen LogP contribution in [-0.4, -0.2) is 29.1 Å². The molecule has 1 aromatic heterocycles. The Morgan fingerprint density at radius 3 is 2.88 bits per heavy atom. The van der Waals surface area contributed by atoms with Crippen molar-refractivity contribution in [2.24, 2.45) is 5.92 Å². The van der Waals surface area contributed by atoms with Crippen molar-refractivity contribution in [3.05, 3.63) is 21.3 Å². The molecule has 0 saturated carbocycles. The van der Waals surface area contributed by atoms with Crippen LogP contribution in [0.15, 0.2) is 12.1 Å². The number of halogens is 1. The zero-order valence-corrected chi connectivity index (χ0v) is 10.6. The van der Waals surface area contributed by atoms with Gasteiger partial charge >= 0.3 is 5.97 Å². The van der Waals surface area contributed by atoms with Crippen LogP contribution in [0, 0.1) is 5.92 Å². The van der Waals surface area contributed by atoms with E-state index in [-0.39, 0.29) is 6.42 Å². The molecule has 16 heavy (non-hydrogen) atoms. The Kier molecular flexibility index (Phi) is 3.52. The van der Waals surface area contributed by atoms with Crippen molar-refractivity contribution < 1.29 is 9.90 Å². The summed E-state index contributed by atoms with van der Waals surface area (Å²) < 4.78 is 0.810. The Bertz CT molecular complexity index is 387. The first-order chi connectivity index (χ1) is 7.56. The maximum atomic E-state index is 10.5. The lowest BCUT2D eigenvalue weighted by molar-refractivity contribution is -0.139. The number of hydrogen-bond acceptors (Lipinski definition) is 3. The van der Waals surface area contributed by atoms with Gasteiger partial charge in [-0.2, -0.15) is 0 Å². The van der Waals surface area contributed by atoms with Gasteiger partial charge in [-0.05, 0) is 25.0 Å². The largest absolute Gasteiger partial charge is 0.481 e. The van der Waals surface area contributed by atoms with Crippen LogP contribution in [-0.2, 0) is 4.79 Å². The van der Waals surface area contributed by atoms with Crippen molar-refractivity contribution in [2.75, 3.05) is 13.1 Å². The molecule has 3 nitrogen and oxygen atoms in total. The molecule has 0 bridgehead atoms. The lowest BCUT2D eigenvalue weighted by atomic mass is 9.94. The summed E-state index contributed by atoms with van der Waals surface area (Å²) in [5.74, 6) is -0.383. The third-order valence-corrected chi connectivity index (χ3v) is 4.40. The molecule has 0 amide bonds. The molecule has 1 aromatic rings. The van der Waals surface area contributed by atoms with E-state index in [9.17, 15) is 4.79 Å². The Labute approximate surface area is 104 Å². The van der Waals surface area contributed by atoms with E-state index in [1.165, 1.54) is 4.88 Å². The van der Waals surface area contributed by atoms with E-state index in [0.29, 0.717) is 12.0 Å². The zero-order chi connectivity index (χ0) is 11.7. The van der Waals surface area contributed by atoms with Gasteiger partial charge in [-0.15, -0.1) is 11.3 Å². The van der Waals surface area contributed by atoms with Gasteiger partial charge in [-0.3, -0.25) is 9.69 Å². The van der Waals surface area contributed by atoms with Gasteiger partial charge in [-0.1, -0.05) is 11.6 Å². The summed E-state index contributed by atoms with van der Waals surface area (Å²) in [5, 5.41) is 8.66. The molecule has 5 heteroatoms. The third-order valence-electron chi connectivity index (χ3n) is 3.00. The summed E-state index contributed by atoms with van der Waals surface area (Å²) in [6.45, 7) is 3.89. The van der Waals surface area contributed by atoms with E-state index in [1.54, 1.807) is 11.3 Å². The number of thiophene rings is 1. The topological polar surface area (TPSA) is 40.5 Å². The zero-order valence-electron chi connectivity index (χ0n) is 9.02. The van der Waals surface area contributed by atoms with Gasteiger partial charge in [-0.25, -0.2) is 0 Å². The quantitative estimate of drug-likeness (QED) is 0.904. The van der Waals surface area contributed by atoms with Gasteiger partial charge in [0.2, 0.25) is 0 Å². The molecular weight excluding hydrogens is 246 g/mol. The molecule has 0 aromatic carbocycles. The molecule has 1 atom stereocenters. The predicted molar refractivity (Wildman–Crippen MR) is 65.1 cm³/mol. The van der Waals surface area contributed by atoms with Crippen molar-refractivity contribution in [1.29, 1.82) is 0 Å². The predicted octanol–water partition coefficient (Wildman–Crippen LogP) is 2.87. The molecule has 0 aliphatic carbocycles. The summed E-state index contributed by atoms with van der Waals surface area (Å²) in [6.07, 6.45) is 0.286. The molecule has 1 N–H and O–H groups in total. The maximum Gasteiger partial charge on any atom is 0.303 e. The second-order valence-electron chi connectivity index (χ2n) is 4.24. The second kappa shape index (κ2) is 4.73. The fraction of sp³-hybridized carbons (Fsp3) is 0.545. The normalized spacial score (nSPS) is 19.4. The van der Waals surface area contributed by atoms with Crippen LogP contribution in [0.3, 0.4) is 0 Å². The molecule has 2 rings (SSSR count). The summed E-state index contributed by atoms with van der Waals surface area (Å²) in [4.78, 5) is 14.1. The second-order valence-corrected chi connectivity index (χ2v) is 5.98. The minimum atomic E-state index is -0.698. The van der Waals surface area contributed by atoms with E-state index in [4.69, 9.17) is 16.7 Å². The van der Waals surface area contributed by atoms with Gasteiger partial charge in [0.25, 0.3) is 0 Å². The number of rotatable bonds is 4. The van der Waals surface area contributed by atoms with E-state index in [2.05, 4.69) is 11.8 Å². The van der Waals surface area contributed by atoms with Crippen LogP contribution in [0.1, 0.15) is 24.3 Å². The molecule has 1 saturated heterocycles. The van der Waals surface area contributed by atoms with Crippen molar-refractivity contribution in [1.82, 2.24) is 4.90 Å². The van der Waals surface area contributed by atoms with Crippen molar-refractivity contribution in [3.63, 3.8) is 0 Å². The Morgan fingerprint density at radius 1 is 1.69 bits per heavy atom. The number of nitrogens with zero attached hydrogens (tertiary/aromatic N) is 1. The molecule has 0 spiro atoms. The molecule has 1 fully saturated rings. The standard InChI is InChI=1S/C11H14ClNO2S/c1-7(9-2-3-10(12)16-9)13-5-8(6-13)4-11(14)15/h2-3,7-8H,4-6H2,1H3,(H,14,15). The van der Waals surface area contributed by atoms with E-state index in [0.717, 1.165) is 17.4 Å². The summed E-state index contributed by atoms with van der Waals surface area (Å²) >= 11 is 7.49. The van der Waals surface area contributed by atoms with E-state index in [1.807, 2.05) is 12.1 Å². The summed E-state index contributed by atoms with van der Waals surface area (Å²) in [5.41, 5.74) is 0. The van der Waals surface area contributed by atoms with Crippen LogP contribution >= 0.6 is 22.9 Å². The van der Waals surface area contributed by atoms with Crippen molar-refractivity contribution >= 4 is 28.9 Å². The first kappa shape index (κ1) is 11.9. The summed E-state index contributed by atoms with van der Waals surface area (Å²) in [6, 6.07) is 4.30. The molecule has 1 aliphatic heterocycles. The first-order valence-corrected chi connectivity index (χ1v) is 6.47. The molecular formula is C11H14ClNO2S. The molecule has 88 valence electrons. The monoisotopic (exact) mass is 259 g/mol. The van der Waals surface area contributed by atoms with Crippen LogP contribution in [0.4, 0.5) is 0 Å². The maximum absolute atomic E-state index is 10.5. The van der Waals surface area contributed by atoms with Crippen LogP contribution in [0.25, 0.3) is 0 Å². The lowest BCUT2D eigenvalue weighted by Gasteiger charge is -2.42. The van der Waals surface area contributed by atoms with Gasteiger partial charge in [0, 0.05) is 24.0 Å². The van der Waals surface area contributed by atoms with Crippen molar-refractivity contribution in [3.8, 4) is 0 Å². The highest BCUT2D eigenvalue weighted by molar-refractivity contribution is 7.16. The van der Waals surface area contributed by atoms with Gasteiger partial charge in [0.1, 0.15) is 0 Å². The molecule has 2 heterocycles. The van der Waals surface area contributed by atoms with Crippen LogP contribution < -0.4 is 0 Å². The third kappa shape index (κ3) is 2.56. The average Bonchev–Trinajstić information content (AvgIpc) is 2.56. The molecule has 1 aliphatic rings. The molecule has 1 unspecified atom stereocenters. The van der Waals surface area contributed by atoms with Gasteiger partial charge in [0.15, 0.2) is 0 Å². The fourth-order valence-corrected chi connectivity index (χ4v) is 3.18. The highest BCUT2D eigenvalue weighted by atomic mass is 35.5. The average molecular weight is 260 g/mol. The number of carboxylic acid groups (broad SMARTS) is 1. The highest BCUT2D eigenvalue weighted by Crippen LogP contribution is 2.34. The number of carbonyl (C=O) groups is 1. The number of hydrogen-bond donors (Lipinski definition) is 1. The fourth-order valence-electron chi connectivity index (χ4n) is 2.03. The smallest absolute Gasteiger partial charge is 0.303 e. The first-order valence-electron chi connectivity index (χ1n) is 5.27. The molecule has 0 radical (unpaired) electrons. The van der Waals surface area contributed by atoms with E-state index >= 15 is 0 Å². The Morgan fingerprint density at radius 2 is 2.38 bits per heavy atom. The highest BCUT2D eigenvalue weighted by Gasteiger charge is 2.32. The minimum absolute atomic E-state index is 0.286. The number of carboxylic acids is 1. The van der Waals surface area contributed by atoms with E-state index < -0.39 is 5.97 Å². The lowest BCUT2D eigenvalue weighted by Crippen LogP contribution is -2.48. The Hall–Kier alpha value is -0.580. The van der Waals surface area contributed by atoms with Gasteiger partial charge in [0.05, 0.1) is 10.8 Å². The summed E-state index contributed by atoms with van der Waals surface area (Å²) in [7, 11) is 0. The van der Waals surface area contributed by atoms with Crippen LogP contribution in [0.5, 0.6) is 0 Å². The number of likely N-dealkylation sites (tertiary alicyclic amines) is 1. The SMILES string of the molecule is CC(c1ccc(Cl)s1)N1CC(CC(=O)O)C1. The van der Waals surface area contributed by atoms with Crippen molar-refractivity contribution in [2.45, 2.75) is 19.4 Å². The number of aliphatic carboxylic acids is 1. The van der Waals surface area contributed by atoms with Crippen LogP contribution in [0.2, 0.25) is 4.34 Å².